The SMILES string of the molecule is CCC(C)CN(CC)c1c(C)cccc1C(=N)N. The van der Waals surface area contributed by atoms with Crippen molar-refractivity contribution in [2.24, 2.45) is 11.7 Å². The summed E-state index contributed by atoms with van der Waals surface area (Å²) < 4.78 is 0. The maximum absolute atomic E-state index is 7.72. The predicted octanol–water partition coefficient (Wildman–Crippen LogP) is 3.15. The summed E-state index contributed by atoms with van der Waals surface area (Å²) in [6, 6.07) is 5.98. The van der Waals surface area contributed by atoms with E-state index in [1.165, 1.54) is 5.56 Å². The van der Waals surface area contributed by atoms with Gasteiger partial charge in [0.25, 0.3) is 0 Å². The van der Waals surface area contributed by atoms with Crippen molar-refractivity contribution in [2.45, 2.75) is 34.1 Å². The first-order valence-corrected chi connectivity index (χ1v) is 6.70. The largest absolute Gasteiger partial charge is 0.384 e. The molecule has 0 spiro atoms. The summed E-state index contributed by atoms with van der Waals surface area (Å²) in [6.45, 7) is 10.7. The van der Waals surface area contributed by atoms with Gasteiger partial charge in [-0.25, -0.2) is 0 Å². The summed E-state index contributed by atoms with van der Waals surface area (Å²) in [5.74, 6) is 0.792. The van der Waals surface area contributed by atoms with Crippen LogP contribution in [0.2, 0.25) is 0 Å². The van der Waals surface area contributed by atoms with E-state index in [9.17, 15) is 0 Å². The molecule has 0 aromatic heterocycles. The molecule has 0 aliphatic heterocycles. The maximum Gasteiger partial charge on any atom is 0.124 e. The quantitative estimate of drug-likeness (QED) is 0.599. The van der Waals surface area contributed by atoms with Gasteiger partial charge >= 0.3 is 0 Å². The maximum atomic E-state index is 7.72. The third-order valence-corrected chi connectivity index (χ3v) is 3.45. The number of nitrogens with two attached hydrogens (primary N) is 1. The van der Waals surface area contributed by atoms with Crippen LogP contribution < -0.4 is 10.6 Å². The highest BCUT2D eigenvalue weighted by Crippen LogP contribution is 2.26. The zero-order valence-corrected chi connectivity index (χ0v) is 12.0. The molecular formula is C15H25N3. The van der Waals surface area contributed by atoms with Crippen LogP contribution in [-0.2, 0) is 0 Å². The lowest BCUT2D eigenvalue weighted by Gasteiger charge is -2.29. The van der Waals surface area contributed by atoms with E-state index >= 15 is 0 Å². The standard InChI is InChI=1S/C15H25N3/c1-5-11(3)10-18(6-2)14-12(4)8-7-9-13(14)15(16)17/h7-9,11H,5-6,10H2,1-4H3,(H3,16,17). The molecule has 1 aromatic rings. The zero-order valence-electron chi connectivity index (χ0n) is 12.0. The van der Waals surface area contributed by atoms with Crippen LogP contribution in [0.25, 0.3) is 0 Å². The van der Waals surface area contributed by atoms with E-state index in [4.69, 9.17) is 11.1 Å². The second-order valence-electron chi connectivity index (χ2n) is 4.94. The number of amidine groups is 1. The number of anilines is 1. The number of benzene rings is 1. The van der Waals surface area contributed by atoms with Gasteiger partial charge in [-0.1, -0.05) is 32.4 Å². The molecule has 3 nitrogen and oxygen atoms in total. The fourth-order valence-corrected chi connectivity index (χ4v) is 2.18. The van der Waals surface area contributed by atoms with E-state index in [1.807, 2.05) is 12.1 Å². The van der Waals surface area contributed by atoms with Gasteiger partial charge in [-0.2, -0.15) is 0 Å². The normalized spacial score (nSPS) is 12.2. The lowest BCUT2D eigenvalue weighted by Crippen LogP contribution is -2.31. The van der Waals surface area contributed by atoms with Crippen molar-refractivity contribution < 1.29 is 0 Å². The Kier molecular flexibility index (Phi) is 5.20. The van der Waals surface area contributed by atoms with Gasteiger partial charge in [-0.05, 0) is 31.4 Å². The van der Waals surface area contributed by atoms with Crippen LogP contribution in [0, 0.1) is 18.3 Å². The van der Waals surface area contributed by atoms with Crippen LogP contribution in [0.1, 0.15) is 38.3 Å². The fourth-order valence-electron chi connectivity index (χ4n) is 2.18. The highest BCUT2D eigenvalue weighted by Gasteiger charge is 2.15. The van der Waals surface area contributed by atoms with Gasteiger partial charge in [0.1, 0.15) is 5.84 Å². The average molecular weight is 247 g/mol. The van der Waals surface area contributed by atoms with E-state index in [-0.39, 0.29) is 5.84 Å². The second-order valence-corrected chi connectivity index (χ2v) is 4.94. The third kappa shape index (κ3) is 3.25. The van der Waals surface area contributed by atoms with Crippen molar-refractivity contribution in [3.05, 3.63) is 29.3 Å². The molecule has 0 fully saturated rings. The highest BCUT2D eigenvalue weighted by molar-refractivity contribution is 6.01. The Morgan fingerprint density at radius 2 is 2.06 bits per heavy atom. The Bertz CT molecular complexity index is 412. The topological polar surface area (TPSA) is 53.1 Å². The van der Waals surface area contributed by atoms with E-state index < -0.39 is 0 Å². The molecule has 0 aliphatic carbocycles. The number of hydrogen-bond acceptors (Lipinski definition) is 2. The molecule has 3 heteroatoms. The molecule has 0 saturated heterocycles. The van der Waals surface area contributed by atoms with Crippen molar-refractivity contribution in [3.63, 3.8) is 0 Å². The van der Waals surface area contributed by atoms with Crippen LogP contribution in [0.5, 0.6) is 0 Å². The van der Waals surface area contributed by atoms with Crippen molar-refractivity contribution in [1.82, 2.24) is 0 Å². The molecule has 18 heavy (non-hydrogen) atoms. The van der Waals surface area contributed by atoms with Crippen molar-refractivity contribution in [2.75, 3.05) is 18.0 Å². The van der Waals surface area contributed by atoms with Gasteiger partial charge in [-0.15, -0.1) is 0 Å². The van der Waals surface area contributed by atoms with E-state index in [0.29, 0.717) is 5.92 Å². The average Bonchev–Trinajstić information content (AvgIpc) is 2.35. The molecule has 1 aromatic carbocycles. The monoisotopic (exact) mass is 247 g/mol. The molecule has 1 unspecified atom stereocenters. The third-order valence-electron chi connectivity index (χ3n) is 3.45. The fraction of sp³-hybridized carbons (Fsp3) is 0.533. The molecule has 0 bridgehead atoms. The Morgan fingerprint density at radius 1 is 1.39 bits per heavy atom. The van der Waals surface area contributed by atoms with Gasteiger partial charge in [0, 0.05) is 18.7 Å². The number of rotatable bonds is 6. The minimum absolute atomic E-state index is 0.149. The first kappa shape index (κ1) is 14.6. The smallest absolute Gasteiger partial charge is 0.124 e. The Morgan fingerprint density at radius 3 is 2.56 bits per heavy atom. The summed E-state index contributed by atoms with van der Waals surface area (Å²) in [6.07, 6.45) is 1.16. The number of hydrogen-bond donors (Lipinski definition) is 2. The number of nitrogen functional groups attached to an aromatic ring is 1. The van der Waals surface area contributed by atoms with Crippen molar-refractivity contribution in [1.29, 1.82) is 5.41 Å². The number of nitrogens with zero attached hydrogens (tertiary/aromatic N) is 1. The second kappa shape index (κ2) is 6.43. The molecule has 0 aliphatic rings. The molecule has 100 valence electrons. The van der Waals surface area contributed by atoms with Crippen LogP contribution in [-0.4, -0.2) is 18.9 Å². The van der Waals surface area contributed by atoms with Gasteiger partial charge in [0.2, 0.25) is 0 Å². The van der Waals surface area contributed by atoms with Gasteiger partial charge in [0.05, 0.1) is 5.69 Å². The Hall–Kier alpha value is -1.51. The summed E-state index contributed by atoms with van der Waals surface area (Å²) in [5, 5.41) is 7.72. The zero-order chi connectivity index (χ0) is 13.7. The van der Waals surface area contributed by atoms with Gasteiger partial charge < -0.3 is 10.6 Å². The lowest BCUT2D eigenvalue weighted by atomic mass is 10.0. The Labute approximate surface area is 111 Å². The summed E-state index contributed by atoms with van der Waals surface area (Å²) in [7, 11) is 0. The molecule has 1 rings (SSSR count). The first-order chi connectivity index (χ1) is 8.51. The number of aryl methyl sites for hydroxylation is 1. The number of para-hydroxylation sites is 1. The Balaban J connectivity index is 3.15. The van der Waals surface area contributed by atoms with Crippen LogP contribution >= 0.6 is 0 Å². The molecule has 0 amide bonds. The molecule has 3 N–H and O–H groups in total. The minimum atomic E-state index is 0.149. The predicted molar refractivity (Wildman–Crippen MR) is 79.5 cm³/mol. The van der Waals surface area contributed by atoms with E-state index in [2.05, 4.69) is 38.7 Å². The van der Waals surface area contributed by atoms with Gasteiger partial charge in [0.15, 0.2) is 0 Å². The summed E-state index contributed by atoms with van der Waals surface area (Å²) >= 11 is 0. The molecule has 0 radical (unpaired) electrons. The van der Waals surface area contributed by atoms with Crippen LogP contribution in [0.3, 0.4) is 0 Å². The summed E-state index contributed by atoms with van der Waals surface area (Å²) in [5.41, 5.74) is 8.85. The first-order valence-electron chi connectivity index (χ1n) is 6.70. The number of nitrogens with one attached hydrogen (secondary N) is 1. The van der Waals surface area contributed by atoms with Gasteiger partial charge in [-0.3, -0.25) is 5.41 Å². The molecular weight excluding hydrogens is 222 g/mol. The molecule has 0 saturated carbocycles. The molecule has 0 heterocycles. The lowest BCUT2D eigenvalue weighted by molar-refractivity contribution is 0.547. The van der Waals surface area contributed by atoms with Crippen LogP contribution in [0.4, 0.5) is 5.69 Å². The summed E-state index contributed by atoms with van der Waals surface area (Å²) in [4.78, 5) is 2.33. The highest BCUT2D eigenvalue weighted by atomic mass is 15.1. The van der Waals surface area contributed by atoms with E-state index in [0.717, 1.165) is 30.8 Å². The molecule has 1 atom stereocenters. The minimum Gasteiger partial charge on any atom is -0.384 e. The van der Waals surface area contributed by atoms with Crippen LogP contribution in [0.15, 0.2) is 18.2 Å². The van der Waals surface area contributed by atoms with Crippen molar-refractivity contribution >= 4 is 11.5 Å². The van der Waals surface area contributed by atoms with E-state index in [1.54, 1.807) is 0 Å². The van der Waals surface area contributed by atoms with Crippen molar-refractivity contribution in [3.8, 4) is 0 Å².